The molecule has 0 saturated carbocycles. The highest BCUT2D eigenvalue weighted by molar-refractivity contribution is 7.04. The molecule has 200 valence electrons. The zero-order chi connectivity index (χ0) is 27.0. The molecule has 37 heavy (non-hydrogen) atoms. The fourth-order valence-electron chi connectivity index (χ4n) is 4.05. The van der Waals surface area contributed by atoms with Crippen LogP contribution in [0.2, 0.25) is 0 Å². The first-order valence-corrected chi connectivity index (χ1v) is 11.9. The maximum atomic E-state index is 13.6. The molecule has 2 heterocycles. The summed E-state index contributed by atoms with van der Waals surface area (Å²) in [5.74, 6) is -0.504. The number of aromatic nitrogens is 1. The fourth-order valence-corrected chi connectivity index (χ4v) is 4.75. The van der Waals surface area contributed by atoms with Crippen molar-refractivity contribution in [1.82, 2.24) is 8.86 Å². The number of rotatable bonds is 6. The van der Waals surface area contributed by atoms with Crippen molar-refractivity contribution in [3.8, 4) is 0 Å². The largest absolute Gasteiger partial charge is 0.416 e. The van der Waals surface area contributed by atoms with Crippen LogP contribution in [-0.4, -0.2) is 28.3 Å². The molecule has 13 heteroatoms. The quantitative estimate of drug-likeness (QED) is 0.342. The minimum absolute atomic E-state index is 0.0507. The molecule has 2 aromatic carbocycles. The van der Waals surface area contributed by atoms with E-state index >= 15 is 0 Å². The van der Waals surface area contributed by atoms with Crippen LogP contribution in [-0.2, 0) is 28.5 Å². The summed E-state index contributed by atoms with van der Waals surface area (Å²) in [6.45, 7) is 1.90. The third-order valence-electron chi connectivity index (χ3n) is 5.90. The summed E-state index contributed by atoms with van der Waals surface area (Å²) in [5, 5.41) is 1.61. The summed E-state index contributed by atoms with van der Waals surface area (Å²) in [6, 6.07) is 7.30. The first-order valence-electron chi connectivity index (χ1n) is 11.0. The average Bonchev–Trinajstić information content (AvgIpc) is 3.23. The van der Waals surface area contributed by atoms with Crippen molar-refractivity contribution in [1.29, 1.82) is 0 Å². The Balaban J connectivity index is 1.67. The van der Waals surface area contributed by atoms with Gasteiger partial charge >= 0.3 is 12.4 Å². The minimum atomic E-state index is -5.00. The maximum Gasteiger partial charge on any atom is 0.416 e. The molecule has 1 saturated heterocycles. The van der Waals surface area contributed by atoms with E-state index in [9.17, 15) is 35.5 Å². The summed E-state index contributed by atoms with van der Waals surface area (Å²) in [6.07, 6.45) is -12.4. The summed E-state index contributed by atoms with van der Waals surface area (Å²) in [7, 11) is 0. The van der Waals surface area contributed by atoms with Gasteiger partial charge in [0.25, 0.3) is 5.56 Å². The molecule has 0 N–H and O–H groups in total. The second kappa shape index (κ2) is 10.6. The van der Waals surface area contributed by atoms with Crippen LogP contribution in [0.3, 0.4) is 0 Å². The average molecular weight is 550 g/mol. The normalized spacial score (nSPS) is 20.2. The third-order valence-corrected chi connectivity index (χ3v) is 6.70. The van der Waals surface area contributed by atoms with Gasteiger partial charge in [0, 0.05) is 18.0 Å². The van der Waals surface area contributed by atoms with Crippen LogP contribution < -0.4 is 5.56 Å². The summed E-state index contributed by atoms with van der Waals surface area (Å²) in [5.41, 5.74) is -2.96. The fraction of sp³-hybridized carbons (Fsp3) is 0.375. The molecule has 1 aromatic heterocycles. The van der Waals surface area contributed by atoms with Gasteiger partial charge in [0.05, 0.1) is 36.5 Å². The Morgan fingerprint density at radius 2 is 1.65 bits per heavy atom. The van der Waals surface area contributed by atoms with Gasteiger partial charge < -0.3 is 9.47 Å². The SMILES string of the molecule is C[C@@H](O[C@H]1OCCN(Cn2sccc2=O)[C@@H]1c1ccc(F)cc1)c1cc(C(F)(F)F)cc(C(F)(F)F)c1. The lowest BCUT2D eigenvalue weighted by Gasteiger charge is -2.41. The molecule has 3 atom stereocenters. The van der Waals surface area contributed by atoms with Gasteiger partial charge in [-0.3, -0.25) is 9.69 Å². The molecule has 0 unspecified atom stereocenters. The smallest absolute Gasteiger partial charge is 0.349 e. The van der Waals surface area contributed by atoms with E-state index in [1.54, 1.807) is 5.38 Å². The molecule has 0 spiro atoms. The van der Waals surface area contributed by atoms with E-state index < -0.39 is 47.7 Å². The van der Waals surface area contributed by atoms with Crippen molar-refractivity contribution in [2.75, 3.05) is 13.2 Å². The Bertz CT molecular complexity index is 1240. The predicted molar refractivity (Wildman–Crippen MR) is 120 cm³/mol. The number of nitrogens with zero attached hydrogens (tertiary/aromatic N) is 2. The molecule has 1 fully saturated rings. The highest BCUT2D eigenvalue weighted by Gasteiger charge is 2.39. The number of ether oxygens (including phenoxy) is 2. The lowest BCUT2D eigenvalue weighted by atomic mass is 10.0. The van der Waals surface area contributed by atoms with Crippen LogP contribution in [0.1, 0.15) is 41.3 Å². The zero-order valence-corrected chi connectivity index (χ0v) is 20.0. The molecule has 3 aromatic rings. The second-order valence-electron chi connectivity index (χ2n) is 8.43. The van der Waals surface area contributed by atoms with Crippen LogP contribution >= 0.6 is 11.5 Å². The van der Waals surface area contributed by atoms with Crippen molar-refractivity contribution in [2.45, 2.75) is 44.4 Å². The van der Waals surface area contributed by atoms with Crippen molar-refractivity contribution in [3.63, 3.8) is 0 Å². The Hall–Kier alpha value is -2.74. The van der Waals surface area contributed by atoms with Gasteiger partial charge in [-0.2, -0.15) is 26.3 Å². The first-order chi connectivity index (χ1) is 17.3. The van der Waals surface area contributed by atoms with E-state index in [1.807, 2.05) is 4.90 Å². The van der Waals surface area contributed by atoms with Crippen molar-refractivity contribution >= 4 is 11.5 Å². The predicted octanol–water partition coefficient (Wildman–Crippen LogP) is 6.22. The van der Waals surface area contributed by atoms with Gasteiger partial charge in [0.1, 0.15) is 5.82 Å². The molecular weight excluding hydrogens is 529 g/mol. The summed E-state index contributed by atoms with van der Waals surface area (Å²) >= 11 is 1.17. The van der Waals surface area contributed by atoms with Crippen LogP contribution in [0, 0.1) is 5.82 Å². The number of morpholine rings is 1. The van der Waals surface area contributed by atoms with E-state index in [0.29, 0.717) is 24.2 Å². The van der Waals surface area contributed by atoms with Gasteiger partial charge in [0.2, 0.25) is 0 Å². The highest BCUT2D eigenvalue weighted by Crippen LogP contribution is 2.39. The number of benzene rings is 2. The molecule has 5 nitrogen and oxygen atoms in total. The van der Waals surface area contributed by atoms with Gasteiger partial charge in [0.15, 0.2) is 6.29 Å². The third kappa shape index (κ3) is 6.40. The van der Waals surface area contributed by atoms with Crippen LogP contribution in [0.4, 0.5) is 30.7 Å². The summed E-state index contributed by atoms with van der Waals surface area (Å²) in [4.78, 5) is 13.9. The van der Waals surface area contributed by atoms with Gasteiger partial charge in [-0.1, -0.05) is 23.7 Å². The summed E-state index contributed by atoms with van der Waals surface area (Å²) < 4.78 is 107. The Morgan fingerprint density at radius 3 is 2.19 bits per heavy atom. The highest BCUT2D eigenvalue weighted by atomic mass is 32.1. The standard InChI is InChI=1S/C24H21F7N2O3S/c1-14(16-10-17(23(26,27)28)12-18(11-16)24(29,30)31)36-22-21(15-2-4-19(25)5-3-15)32(7-8-35-22)13-33-20(34)6-9-37-33/h2-6,9-12,14,21-22H,7-8,13H2,1H3/t14-,21-,22-/m1/s1. The number of alkyl halides is 6. The molecule has 0 amide bonds. The van der Waals surface area contributed by atoms with Crippen LogP contribution in [0.15, 0.2) is 58.7 Å². The Labute approximate surface area is 210 Å². The van der Waals surface area contributed by atoms with E-state index in [4.69, 9.17) is 9.47 Å². The van der Waals surface area contributed by atoms with Gasteiger partial charge in [-0.25, -0.2) is 8.35 Å². The monoisotopic (exact) mass is 550 g/mol. The number of halogens is 7. The van der Waals surface area contributed by atoms with Gasteiger partial charge in [-0.15, -0.1) is 0 Å². The van der Waals surface area contributed by atoms with Crippen molar-refractivity contribution in [2.24, 2.45) is 0 Å². The molecule has 0 aliphatic carbocycles. The van der Waals surface area contributed by atoms with Gasteiger partial charge in [-0.05, 0) is 48.4 Å². The Morgan fingerprint density at radius 1 is 1.03 bits per heavy atom. The van der Waals surface area contributed by atoms with Crippen LogP contribution in [0.5, 0.6) is 0 Å². The molecule has 0 bridgehead atoms. The number of hydrogen-bond acceptors (Lipinski definition) is 5. The topological polar surface area (TPSA) is 43.7 Å². The lowest BCUT2D eigenvalue weighted by Crippen LogP contribution is -2.47. The molecule has 4 rings (SSSR count). The second-order valence-corrected chi connectivity index (χ2v) is 9.36. The van der Waals surface area contributed by atoms with Crippen molar-refractivity contribution in [3.05, 3.63) is 92.3 Å². The van der Waals surface area contributed by atoms with E-state index in [1.165, 1.54) is 52.7 Å². The minimum Gasteiger partial charge on any atom is -0.349 e. The maximum absolute atomic E-state index is 13.6. The Kier molecular flexibility index (Phi) is 7.79. The van der Waals surface area contributed by atoms with E-state index in [0.717, 1.165) is 0 Å². The molecule has 1 aliphatic heterocycles. The molecule has 1 aliphatic rings. The van der Waals surface area contributed by atoms with E-state index in [-0.39, 0.29) is 30.5 Å². The lowest BCUT2D eigenvalue weighted by molar-refractivity contribution is -0.233. The molecule has 0 radical (unpaired) electrons. The van der Waals surface area contributed by atoms with E-state index in [2.05, 4.69) is 0 Å². The van der Waals surface area contributed by atoms with Crippen LogP contribution in [0.25, 0.3) is 0 Å². The first kappa shape index (κ1) is 27.3. The number of hydrogen-bond donors (Lipinski definition) is 0. The zero-order valence-electron chi connectivity index (χ0n) is 19.2. The molecular formula is C24H21F7N2O3S. The van der Waals surface area contributed by atoms with Crippen molar-refractivity contribution < 1.29 is 40.2 Å².